The number of aryl methyl sites for hydroxylation is 1. The molecule has 2 rings (SSSR count). The number of amides is 1. The smallest absolute Gasteiger partial charge is 0.410 e. The molecule has 0 spiro atoms. The molecule has 0 saturated heterocycles. The van der Waals surface area contributed by atoms with Gasteiger partial charge in [0.15, 0.2) is 0 Å². The van der Waals surface area contributed by atoms with Gasteiger partial charge in [-0.05, 0) is 55.3 Å². The average molecular weight is 367 g/mol. The molecule has 0 saturated carbocycles. The molecule has 2 aromatic rings. The number of ether oxygens (including phenoxy) is 1. The van der Waals surface area contributed by atoms with Gasteiger partial charge in [0.1, 0.15) is 11.6 Å². The zero-order chi connectivity index (χ0) is 17.5. The predicted octanol–water partition coefficient (Wildman–Crippen LogP) is 4.20. The van der Waals surface area contributed by atoms with Gasteiger partial charge in [0.05, 0.1) is 0 Å². The highest BCUT2D eigenvalue weighted by Crippen LogP contribution is 2.22. The molecule has 0 fully saturated rings. The molecule has 136 valence electrons. The van der Waals surface area contributed by atoms with Gasteiger partial charge in [-0.15, -0.1) is 12.4 Å². The second-order valence-electron chi connectivity index (χ2n) is 5.84. The van der Waals surface area contributed by atoms with Crippen LogP contribution in [0, 0.1) is 5.82 Å². The van der Waals surface area contributed by atoms with E-state index in [9.17, 15) is 9.18 Å². The third-order valence-corrected chi connectivity index (χ3v) is 3.84. The Morgan fingerprint density at radius 1 is 1.12 bits per heavy atom. The van der Waals surface area contributed by atoms with Gasteiger partial charge in [0.2, 0.25) is 0 Å². The molecule has 1 unspecified atom stereocenters. The van der Waals surface area contributed by atoms with Gasteiger partial charge in [-0.2, -0.15) is 0 Å². The van der Waals surface area contributed by atoms with Crippen molar-refractivity contribution in [1.82, 2.24) is 10.2 Å². The van der Waals surface area contributed by atoms with Gasteiger partial charge < -0.3 is 15.0 Å². The number of hydrogen-bond acceptors (Lipinski definition) is 3. The lowest BCUT2D eigenvalue weighted by Crippen LogP contribution is -2.25. The highest BCUT2D eigenvalue weighted by Gasteiger charge is 2.11. The van der Waals surface area contributed by atoms with E-state index >= 15 is 0 Å². The summed E-state index contributed by atoms with van der Waals surface area (Å²) in [6, 6.07) is 14.2. The number of nitrogens with one attached hydrogen (secondary N) is 1. The fourth-order valence-electron chi connectivity index (χ4n) is 2.40. The Kier molecular flexibility index (Phi) is 8.38. The summed E-state index contributed by atoms with van der Waals surface area (Å²) in [5, 5.41) is 3.29. The fourth-order valence-corrected chi connectivity index (χ4v) is 2.40. The monoisotopic (exact) mass is 366 g/mol. The Balaban J connectivity index is 0.00000312. The third-order valence-electron chi connectivity index (χ3n) is 3.84. The Bertz CT molecular complexity index is 660. The third kappa shape index (κ3) is 6.36. The number of nitrogens with zero attached hydrogens (tertiary/aromatic N) is 1. The standard InChI is InChI=1S/C19H23FN2O2.ClH/c1-21-18(13-6-14-4-9-16(20)10-5-14)15-7-11-17(12-8-15)24-19(23)22(2)3;/h4-5,7-12,18,21H,6,13H2,1-3H3;1H. The molecular formula is C19H24ClFN2O2. The molecule has 0 radical (unpaired) electrons. The first-order chi connectivity index (χ1) is 11.5. The summed E-state index contributed by atoms with van der Waals surface area (Å²) >= 11 is 0. The second-order valence-corrected chi connectivity index (χ2v) is 5.84. The molecule has 0 aliphatic heterocycles. The fraction of sp³-hybridized carbons (Fsp3) is 0.316. The predicted molar refractivity (Wildman–Crippen MR) is 99.9 cm³/mol. The lowest BCUT2D eigenvalue weighted by atomic mass is 9.99. The van der Waals surface area contributed by atoms with Crippen molar-refractivity contribution in [3.8, 4) is 5.75 Å². The number of benzene rings is 2. The number of carbonyl (C=O) groups is 1. The summed E-state index contributed by atoms with van der Waals surface area (Å²) in [6.45, 7) is 0. The highest BCUT2D eigenvalue weighted by molar-refractivity contribution is 5.85. The van der Waals surface area contributed by atoms with E-state index in [2.05, 4.69) is 5.32 Å². The second kappa shape index (κ2) is 10.0. The molecule has 2 aromatic carbocycles. The van der Waals surface area contributed by atoms with Crippen molar-refractivity contribution < 1.29 is 13.9 Å². The van der Waals surface area contributed by atoms with Crippen LogP contribution in [0.2, 0.25) is 0 Å². The molecule has 4 nitrogen and oxygen atoms in total. The quantitative estimate of drug-likeness (QED) is 0.833. The van der Waals surface area contributed by atoms with E-state index < -0.39 is 6.09 Å². The molecule has 6 heteroatoms. The van der Waals surface area contributed by atoms with Crippen molar-refractivity contribution in [1.29, 1.82) is 0 Å². The maximum absolute atomic E-state index is 12.9. The summed E-state index contributed by atoms with van der Waals surface area (Å²) in [6.07, 6.45) is 1.34. The molecule has 0 aliphatic carbocycles. The number of hydrogen-bond donors (Lipinski definition) is 1. The summed E-state index contributed by atoms with van der Waals surface area (Å²) < 4.78 is 18.2. The molecule has 25 heavy (non-hydrogen) atoms. The van der Waals surface area contributed by atoms with E-state index in [1.807, 2.05) is 31.3 Å². The number of carbonyl (C=O) groups excluding carboxylic acids is 1. The Labute approximate surface area is 154 Å². The van der Waals surface area contributed by atoms with Crippen molar-refractivity contribution in [3.63, 3.8) is 0 Å². The number of halogens is 2. The normalized spacial score (nSPS) is 11.4. The molecular weight excluding hydrogens is 343 g/mol. The van der Waals surface area contributed by atoms with Gasteiger partial charge in [-0.3, -0.25) is 0 Å². The van der Waals surface area contributed by atoms with E-state index in [1.54, 1.807) is 26.2 Å². The minimum Gasteiger partial charge on any atom is -0.410 e. The van der Waals surface area contributed by atoms with E-state index in [-0.39, 0.29) is 24.3 Å². The maximum Gasteiger partial charge on any atom is 0.414 e. The minimum atomic E-state index is -0.399. The summed E-state index contributed by atoms with van der Waals surface area (Å²) in [5.41, 5.74) is 2.22. The largest absolute Gasteiger partial charge is 0.414 e. The Morgan fingerprint density at radius 2 is 1.72 bits per heavy atom. The lowest BCUT2D eigenvalue weighted by Gasteiger charge is -2.17. The summed E-state index contributed by atoms with van der Waals surface area (Å²) in [4.78, 5) is 12.9. The van der Waals surface area contributed by atoms with Crippen molar-refractivity contribution in [2.45, 2.75) is 18.9 Å². The van der Waals surface area contributed by atoms with Gasteiger partial charge in [-0.1, -0.05) is 24.3 Å². The molecule has 0 aliphatic rings. The summed E-state index contributed by atoms with van der Waals surface area (Å²) in [7, 11) is 5.20. The van der Waals surface area contributed by atoms with Crippen LogP contribution in [0.15, 0.2) is 48.5 Å². The first kappa shape index (κ1) is 20.9. The first-order valence-corrected chi connectivity index (χ1v) is 7.90. The van der Waals surface area contributed by atoms with Crippen molar-refractivity contribution >= 4 is 18.5 Å². The molecule has 0 heterocycles. The SMILES string of the molecule is CNC(CCc1ccc(F)cc1)c1ccc(OC(=O)N(C)C)cc1.Cl. The van der Waals surface area contributed by atoms with E-state index in [0.29, 0.717) is 5.75 Å². The van der Waals surface area contributed by atoms with Crippen LogP contribution >= 0.6 is 12.4 Å². The zero-order valence-corrected chi connectivity index (χ0v) is 15.5. The van der Waals surface area contributed by atoms with Crippen LogP contribution in [0.4, 0.5) is 9.18 Å². The molecule has 1 atom stereocenters. The average Bonchev–Trinajstić information content (AvgIpc) is 2.58. The van der Waals surface area contributed by atoms with Gasteiger partial charge in [0, 0.05) is 20.1 Å². The van der Waals surface area contributed by atoms with E-state index in [1.165, 1.54) is 17.0 Å². The lowest BCUT2D eigenvalue weighted by molar-refractivity contribution is 0.172. The van der Waals surface area contributed by atoms with Crippen LogP contribution in [0.5, 0.6) is 5.75 Å². The van der Waals surface area contributed by atoms with Crippen LogP contribution in [-0.4, -0.2) is 32.1 Å². The number of rotatable bonds is 6. The van der Waals surface area contributed by atoms with Gasteiger partial charge >= 0.3 is 6.09 Å². The maximum atomic E-state index is 12.9. The Hall–Kier alpha value is -2.11. The highest BCUT2D eigenvalue weighted by atomic mass is 35.5. The van der Waals surface area contributed by atoms with Crippen LogP contribution in [0.3, 0.4) is 0 Å². The summed E-state index contributed by atoms with van der Waals surface area (Å²) in [5.74, 6) is 0.303. The molecule has 0 aromatic heterocycles. The molecule has 0 bridgehead atoms. The van der Waals surface area contributed by atoms with Crippen LogP contribution in [-0.2, 0) is 6.42 Å². The van der Waals surface area contributed by atoms with Gasteiger partial charge in [0.25, 0.3) is 0 Å². The van der Waals surface area contributed by atoms with E-state index in [4.69, 9.17) is 4.74 Å². The first-order valence-electron chi connectivity index (χ1n) is 7.90. The topological polar surface area (TPSA) is 41.6 Å². The van der Waals surface area contributed by atoms with Crippen molar-refractivity contribution in [3.05, 3.63) is 65.5 Å². The molecule has 1 N–H and O–H groups in total. The zero-order valence-electron chi connectivity index (χ0n) is 14.7. The van der Waals surface area contributed by atoms with E-state index in [0.717, 1.165) is 24.0 Å². The molecule has 1 amide bonds. The van der Waals surface area contributed by atoms with Crippen LogP contribution in [0.1, 0.15) is 23.6 Å². The van der Waals surface area contributed by atoms with Crippen LogP contribution < -0.4 is 10.1 Å². The van der Waals surface area contributed by atoms with Crippen molar-refractivity contribution in [2.75, 3.05) is 21.1 Å². The Morgan fingerprint density at radius 3 is 2.24 bits per heavy atom. The van der Waals surface area contributed by atoms with Gasteiger partial charge in [-0.25, -0.2) is 9.18 Å². The van der Waals surface area contributed by atoms with Crippen LogP contribution in [0.25, 0.3) is 0 Å². The minimum absolute atomic E-state index is 0. The van der Waals surface area contributed by atoms with Crippen molar-refractivity contribution in [2.24, 2.45) is 0 Å².